The third kappa shape index (κ3) is 4.27. The first-order valence-electron chi connectivity index (χ1n) is 6.05. The molecule has 5 heteroatoms. The highest BCUT2D eigenvalue weighted by Crippen LogP contribution is 2.21. The fourth-order valence-corrected chi connectivity index (χ4v) is 1.88. The average Bonchev–Trinajstić information content (AvgIpc) is 2.39. The Morgan fingerprint density at radius 2 is 1.89 bits per heavy atom. The molecule has 102 valence electrons. The number of hydrogen-bond acceptors (Lipinski definition) is 5. The van der Waals surface area contributed by atoms with Crippen LogP contribution < -0.4 is 10.5 Å². The van der Waals surface area contributed by atoms with Crippen molar-refractivity contribution in [3.63, 3.8) is 0 Å². The van der Waals surface area contributed by atoms with Crippen molar-refractivity contribution in [3.8, 4) is 5.75 Å². The van der Waals surface area contributed by atoms with E-state index in [1.807, 2.05) is 23.1 Å². The Hall–Kier alpha value is -1.14. The number of hydrogen-bond donors (Lipinski definition) is 3. The van der Waals surface area contributed by atoms with Crippen LogP contribution in [0.3, 0.4) is 0 Å². The Kier molecular flexibility index (Phi) is 6.67. The molecule has 0 spiro atoms. The fourth-order valence-electron chi connectivity index (χ4n) is 1.88. The van der Waals surface area contributed by atoms with Gasteiger partial charge in [0, 0.05) is 31.7 Å². The van der Waals surface area contributed by atoms with E-state index in [-0.39, 0.29) is 13.2 Å². The third-order valence-electron chi connectivity index (χ3n) is 2.81. The maximum Gasteiger partial charge on any atom is 0.123 e. The van der Waals surface area contributed by atoms with Crippen LogP contribution in [0.1, 0.15) is 11.1 Å². The number of methoxy groups -OCH3 is 1. The number of ether oxygens (including phenoxy) is 1. The van der Waals surface area contributed by atoms with Crippen molar-refractivity contribution >= 4 is 0 Å². The van der Waals surface area contributed by atoms with Gasteiger partial charge in [-0.1, -0.05) is 6.07 Å². The summed E-state index contributed by atoms with van der Waals surface area (Å²) < 4.78 is 5.31. The molecule has 0 radical (unpaired) electrons. The molecule has 0 aliphatic carbocycles. The first kappa shape index (κ1) is 14.9. The van der Waals surface area contributed by atoms with Crippen molar-refractivity contribution in [1.82, 2.24) is 4.90 Å². The van der Waals surface area contributed by atoms with E-state index in [2.05, 4.69) is 0 Å². The summed E-state index contributed by atoms with van der Waals surface area (Å²) in [7, 11) is 1.63. The normalized spacial score (nSPS) is 10.9. The molecule has 1 aromatic rings. The molecule has 0 aliphatic rings. The molecule has 0 atom stereocenters. The van der Waals surface area contributed by atoms with Crippen LogP contribution >= 0.6 is 0 Å². The molecule has 0 saturated heterocycles. The predicted octanol–water partition coefficient (Wildman–Crippen LogP) is -0.0595. The zero-order chi connectivity index (χ0) is 13.4. The van der Waals surface area contributed by atoms with Gasteiger partial charge < -0.3 is 20.7 Å². The van der Waals surface area contributed by atoms with Crippen LogP contribution in [-0.2, 0) is 13.1 Å². The second-order valence-electron chi connectivity index (χ2n) is 4.07. The van der Waals surface area contributed by atoms with Gasteiger partial charge in [0.2, 0.25) is 0 Å². The number of aliphatic hydroxyl groups is 2. The van der Waals surface area contributed by atoms with Crippen molar-refractivity contribution in [2.75, 3.05) is 33.4 Å². The van der Waals surface area contributed by atoms with Gasteiger partial charge in [-0.3, -0.25) is 4.90 Å². The van der Waals surface area contributed by atoms with Crippen LogP contribution in [0.2, 0.25) is 0 Å². The summed E-state index contributed by atoms with van der Waals surface area (Å²) in [6.45, 7) is 2.29. The second kappa shape index (κ2) is 8.05. The Morgan fingerprint density at radius 1 is 1.22 bits per heavy atom. The van der Waals surface area contributed by atoms with Gasteiger partial charge in [-0.05, 0) is 17.7 Å². The number of nitrogens with two attached hydrogens (primary N) is 1. The van der Waals surface area contributed by atoms with Gasteiger partial charge in [-0.15, -0.1) is 0 Å². The minimum Gasteiger partial charge on any atom is -0.496 e. The monoisotopic (exact) mass is 254 g/mol. The predicted molar refractivity (Wildman–Crippen MR) is 70.3 cm³/mol. The Balaban J connectivity index is 2.84. The molecule has 0 amide bonds. The summed E-state index contributed by atoms with van der Waals surface area (Å²) in [4.78, 5) is 1.97. The highest BCUT2D eigenvalue weighted by atomic mass is 16.5. The smallest absolute Gasteiger partial charge is 0.123 e. The van der Waals surface area contributed by atoms with Crippen LogP contribution in [0.15, 0.2) is 18.2 Å². The maximum absolute atomic E-state index is 8.99. The van der Waals surface area contributed by atoms with Gasteiger partial charge in [0.05, 0.1) is 20.3 Å². The molecule has 0 aromatic heterocycles. The molecule has 0 saturated carbocycles. The largest absolute Gasteiger partial charge is 0.496 e. The SMILES string of the molecule is COc1ccc(CN)cc1CN(CCO)CCO. The topological polar surface area (TPSA) is 79.0 Å². The van der Waals surface area contributed by atoms with Crippen LogP contribution in [0.5, 0.6) is 5.75 Å². The Morgan fingerprint density at radius 3 is 2.39 bits per heavy atom. The summed E-state index contributed by atoms with van der Waals surface area (Å²) in [5.74, 6) is 0.799. The van der Waals surface area contributed by atoms with E-state index in [0.717, 1.165) is 16.9 Å². The molecule has 0 fully saturated rings. The minimum atomic E-state index is 0.0683. The van der Waals surface area contributed by atoms with Crippen molar-refractivity contribution in [3.05, 3.63) is 29.3 Å². The minimum absolute atomic E-state index is 0.0683. The highest BCUT2D eigenvalue weighted by molar-refractivity contribution is 5.37. The van der Waals surface area contributed by atoms with E-state index in [9.17, 15) is 0 Å². The molecule has 0 unspecified atom stereocenters. The van der Waals surface area contributed by atoms with Crippen LogP contribution in [0.25, 0.3) is 0 Å². The lowest BCUT2D eigenvalue weighted by atomic mass is 10.1. The zero-order valence-corrected chi connectivity index (χ0v) is 10.8. The van der Waals surface area contributed by atoms with E-state index < -0.39 is 0 Å². The first-order valence-corrected chi connectivity index (χ1v) is 6.05. The first-order chi connectivity index (χ1) is 8.74. The molecular formula is C13H22N2O3. The summed E-state index contributed by atoms with van der Waals surface area (Å²) in [6.07, 6.45) is 0. The van der Waals surface area contributed by atoms with Crippen molar-refractivity contribution in [2.45, 2.75) is 13.1 Å². The molecule has 5 nitrogen and oxygen atoms in total. The van der Waals surface area contributed by atoms with Crippen molar-refractivity contribution < 1.29 is 14.9 Å². The van der Waals surface area contributed by atoms with E-state index in [1.165, 1.54) is 0 Å². The molecule has 0 heterocycles. The molecule has 0 aliphatic heterocycles. The van der Waals surface area contributed by atoms with Gasteiger partial charge in [0.25, 0.3) is 0 Å². The standard InChI is InChI=1S/C13H22N2O3/c1-18-13-3-2-11(9-14)8-12(13)10-15(4-6-16)5-7-17/h2-3,8,16-17H,4-7,9-10,14H2,1H3. The van der Waals surface area contributed by atoms with E-state index >= 15 is 0 Å². The average molecular weight is 254 g/mol. The van der Waals surface area contributed by atoms with E-state index in [1.54, 1.807) is 7.11 Å². The van der Waals surface area contributed by atoms with Gasteiger partial charge in [-0.2, -0.15) is 0 Å². The molecule has 1 rings (SSSR count). The summed E-state index contributed by atoms with van der Waals surface area (Å²) in [5, 5.41) is 18.0. The number of aliphatic hydroxyl groups excluding tert-OH is 2. The zero-order valence-electron chi connectivity index (χ0n) is 10.8. The quantitative estimate of drug-likeness (QED) is 0.606. The number of benzene rings is 1. The van der Waals surface area contributed by atoms with Crippen LogP contribution in [-0.4, -0.2) is 48.5 Å². The lowest BCUT2D eigenvalue weighted by molar-refractivity contribution is 0.155. The molecule has 1 aromatic carbocycles. The summed E-state index contributed by atoms with van der Waals surface area (Å²) >= 11 is 0. The van der Waals surface area contributed by atoms with E-state index in [4.69, 9.17) is 20.7 Å². The second-order valence-corrected chi connectivity index (χ2v) is 4.07. The van der Waals surface area contributed by atoms with Crippen molar-refractivity contribution in [2.24, 2.45) is 5.73 Å². The molecule has 18 heavy (non-hydrogen) atoms. The molecular weight excluding hydrogens is 232 g/mol. The number of rotatable bonds is 8. The van der Waals surface area contributed by atoms with Gasteiger partial charge >= 0.3 is 0 Å². The van der Waals surface area contributed by atoms with Gasteiger partial charge in [0.15, 0.2) is 0 Å². The number of nitrogens with zero attached hydrogens (tertiary/aromatic N) is 1. The van der Waals surface area contributed by atoms with E-state index in [0.29, 0.717) is 26.2 Å². The highest BCUT2D eigenvalue weighted by Gasteiger charge is 2.09. The Labute approximate surface area is 108 Å². The summed E-state index contributed by atoms with van der Waals surface area (Å²) in [5.41, 5.74) is 7.68. The van der Waals surface area contributed by atoms with Gasteiger partial charge in [-0.25, -0.2) is 0 Å². The Bertz CT molecular complexity index is 352. The lowest BCUT2D eigenvalue weighted by Gasteiger charge is -2.21. The lowest BCUT2D eigenvalue weighted by Crippen LogP contribution is -2.29. The van der Waals surface area contributed by atoms with Crippen LogP contribution in [0.4, 0.5) is 0 Å². The molecule has 0 bridgehead atoms. The van der Waals surface area contributed by atoms with Crippen molar-refractivity contribution in [1.29, 1.82) is 0 Å². The third-order valence-corrected chi connectivity index (χ3v) is 2.81. The summed E-state index contributed by atoms with van der Waals surface area (Å²) in [6, 6.07) is 5.83. The van der Waals surface area contributed by atoms with Crippen LogP contribution in [0, 0.1) is 0 Å². The molecule has 4 N–H and O–H groups in total. The van der Waals surface area contributed by atoms with Gasteiger partial charge in [0.1, 0.15) is 5.75 Å². The fraction of sp³-hybridized carbons (Fsp3) is 0.538. The maximum atomic E-state index is 8.99.